The highest BCUT2D eigenvalue weighted by Crippen LogP contribution is 2.43. The summed E-state index contributed by atoms with van der Waals surface area (Å²) < 4.78 is 50.5. The predicted octanol–water partition coefficient (Wildman–Crippen LogP) is 3.39. The topological polar surface area (TPSA) is 95.1 Å². The van der Waals surface area contributed by atoms with Gasteiger partial charge in [0.2, 0.25) is 15.9 Å². The number of amides is 1. The van der Waals surface area contributed by atoms with Gasteiger partial charge in [-0.05, 0) is 68.5 Å². The molecule has 0 N–H and O–H groups in total. The van der Waals surface area contributed by atoms with E-state index < -0.39 is 19.9 Å². The number of sulfonamides is 1. The van der Waals surface area contributed by atoms with Gasteiger partial charge in [-0.1, -0.05) is 42.5 Å². The zero-order valence-corrected chi connectivity index (χ0v) is 25.7. The summed E-state index contributed by atoms with van der Waals surface area (Å²) in [5.74, 6) is 0.709. The van der Waals surface area contributed by atoms with Gasteiger partial charge in [0.05, 0.1) is 16.1 Å². The first-order valence-electron chi connectivity index (χ1n) is 13.8. The van der Waals surface area contributed by atoms with Crippen LogP contribution in [0.1, 0.15) is 43.2 Å². The molecule has 2 aromatic rings. The molecule has 11 heteroatoms. The number of benzene rings is 2. The van der Waals surface area contributed by atoms with E-state index in [9.17, 15) is 21.6 Å². The Hall–Kier alpha value is -1.98. The van der Waals surface area contributed by atoms with Crippen molar-refractivity contribution in [2.75, 3.05) is 51.3 Å². The molecule has 2 aromatic carbocycles. The maximum absolute atomic E-state index is 13.5. The van der Waals surface area contributed by atoms with Crippen molar-refractivity contribution in [1.29, 1.82) is 0 Å². The Morgan fingerprint density at radius 2 is 1.50 bits per heavy atom. The summed E-state index contributed by atoms with van der Waals surface area (Å²) in [7, 11) is -6.49. The highest BCUT2D eigenvalue weighted by molar-refractivity contribution is 7.90. The van der Waals surface area contributed by atoms with E-state index in [-0.39, 0.29) is 46.2 Å². The quantitative estimate of drug-likeness (QED) is 0.455. The molecule has 0 aromatic heterocycles. The van der Waals surface area contributed by atoms with Crippen LogP contribution in [0.15, 0.2) is 59.5 Å². The van der Waals surface area contributed by atoms with E-state index in [1.54, 1.807) is 35.5 Å². The van der Waals surface area contributed by atoms with Crippen LogP contribution in [0.3, 0.4) is 0 Å². The molecule has 3 aliphatic heterocycles. The van der Waals surface area contributed by atoms with Crippen molar-refractivity contribution >= 4 is 38.2 Å². The zero-order chi connectivity index (χ0) is 27.8. The average molecular weight is 610 g/mol. The lowest BCUT2D eigenvalue weighted by Gasteiger charge is -2.39. The van der Waals surface area contributed by atoms with E-state index in [1.165, 1.54) is 11.8 Å². The number of carbonyl (C=O) groups is 1. The van der Waals surface area contributed by atoms with Gasteiger partial charge >= 0.3 is 0 Å². The summed E-state index contributed by atoms with van der Waals surface area (Å²) in [5, 5.41) is 0. The standard InChI is InChI=1S/C29H39N3O5S2.ClH/c1-3-39(36,37)32-21-25(27(22-32)24-7-5-4-6-8-24)20-30-16-13-29(14-17-30)15-18-31(28(29)33)19-23-9-11-26(12-10-23)38(2,34)35;/h4-12,25,27H,3,13-22H2,1-2H3;1H. The number of piperidine rings is 1. The summed E-state index contributed by atoms with van der Waals surface area (Å²) in [6.45, 7) is 6.49. The molecule has 5 rings (SSSR count). The predicted molar refractivity (Wildman–Crippen MR) is 159 cm³/mol. The molecular weight excluding hydrogens is 570 g/mol. The molecule has 2 atom stereocenters. The number of likely N-dealkylation sites (tertiary alicyclic amines) is 2. The van der Waals surface area contributed by atoms with E-state index in [1.807, 2.05) is 23.1 Å². The molecule has 0 aliphatic carbocycles. The fraction of sp³-hybridized carbons (Fsp3) is 0.552. The van der Waals surface area contributed by atoms with E-state index in [0.29, 0.717) is 19.6 Å². The summed E-state index contributed by atoms with van der Waals surface area (Å²) >= 11 is 0. The van der Waals surface area contributed by atoms with Crippen LogP contribution in [0.5, 0.6) is 0 Å². The molecule has 220 valence electrons. The highest BCUT2D eigenvalue weighted by Gasteiger charge is 2.48. The molecule has 2 unspecified atom stereocenters. The van der Waals surface area contributed by atoms with E-state index in [2.05, 4.69) is 17.0 Å². The Bertz CT molecular complexity index is 1390. The van der Waals surface area contributed by atoms with Crippen molar-refractivity contribution < 1.29 is 21.6 Å². The highest BCUT2D eigenvalue weighted by atomic mass is 35.5. The van der Waals surface area contributed by atoms with Gasteiger partial charge in [-0.15, -0.1) is 12.4 Å². The second-order valence-electron chi connectivity index (χ2n) is 11.5. The summed E-state index contributed by atoms with van der Waals surface area (Å²) in [4.78, 5) is 18.2. The Morgan fingerprint density at radius 1 is 0.875 bits per heavy atom. The first kappa shape index (κ1) is 31.0. The maximum atomic E-state index is 13.5. The van der Waals surface area contributed by atoms with Crippen LogP contribution in [0.2, 0.25) is 0 Å². The second-order valence-corrected chi connectivity index (χ2v) is 15.7. The molecule has 1 amide bonds. The Morgan fingerprint density at radius 3 is 2.10 bits per heavy atom. The van der Waals surface area contributed by atoms with Crippen LogP contribution in [-0.2, 0) is 31.2 Å². The third-order valence-electron chi connectivity index (χ3n) is 9.03. The average Bonchev–Trinajstić information content (AvgIpc) is 3.48. The largest absolute Gasteiger partial charge is 0.338 e. The van der Waals surface area contributed by atoms with E-state index in [4.69, 9.17) is 0 Å². The third-order valence-corrected chi connectivity index (χ3v) is 12.0. The summed E-state index contributed by atoms with van der Waals surface area (Å²) in [6, 6.07) is 17.0. The molecule has 3 heterocycles. The normalized spacial score (nSPS) is 23.9. The molecule has 3 aliphatic rings. The Balaban J connectivity index is 0.00000370. The summed E-state index contributed by atoms with van der Waals surface area (Å²) in [5.41, 5.74) is 1.80. The molecular formula is C29H40ClN3O5S2. The smallest absolute Gasteiger partial charge is 0.229 e. The maximum Gasteiger partial charge on any atom is 0.229 e. The number of sulfone groups is 1. The minimum absolute atomic E-state index is 0. The number of rotatable bonds is 8. The zero-order valence-electron chi connectivity index (χ0n) is 23.2. The lowest BCUT2D eigenvalue weighted by atomic mass is 9.76. The van der Waals surface area contributed by atoms with Crippen molar-refractivity contribution in [3.05, 3.63) is 65.7 Å². The molecule has 8 nitrogen and oxygen atoms in total. The molecule has 0 bridgehead atoms. The fourth-order valence-electron chi connectivity index (χ4n) is 6.57. The molecule has 0 radical (unpaired) electrons. The van der Waals surface area contributed by atoms with Gasteiger partial charge in [-0.2, -0.15) is 0 Å². The Labute approximate surface area is 245 Å². The van der Waals surface area contributed by atoms with Crippen LogP contribution in [0, 0.1) is 11.3 Å². The van der Waals surface area contributed by atoms with Crippen LogP contribution in [0.25, 0.3) is 0 Å². The van der Waals surface area contributed by atoms with Crippen molar-refractivity contribution in [1.82, 2.24) is 14.1 Å². The third kappa shape index (κ3) is 6.41. The molecule has 3 fully saturated rings. The van der Waals surface area contributed by atoms with Crippen LogP contribution in [-0.4, -0.2) is 88.1 Å². The van der Waals surface area contributed by atoms with Crippen molar-refractivity contribution in [3.8, 4) is 0 Å². The second kappa shape index (κ2) is 12.1. The fourth-order valence-corrected chi connectivity index (χ4v) is 8.37. The van der Waals surface area contributed by atoms with Gasteiger partial charge < -0.3 is 9.80 Å². The van der Waals surface area contributed by atoms with Gasteiger partial charge in [0.1, 0.15) is 0 Å². The van der Waals surface area contributed by atoms with E-state index in [0.717, 1.165) is 51.0 Å². The van der Waals surface area contributed by atoms with Gasteiger partial charge in [-0.3, -0.25) is 4.79 Å². The molecule has 0 saturated carbocycles. The van der Waals surface area contributed by atoms with Gasteiger partial charge in [0.25, 0.3) is 0 Å². The van der Waals surface area contributed by atoms with Gasteiger partial charge in [0.15, 0.2) is 9.84 Å². The van der Waals surface area contributed by atoms with Gasteiger partial charge in [-0.25, -0.2) is 21.1 Å². The monoisotopic (exact) mass is 609 g/mol. The number of hydrogen-bond acceptors (Lipinski definition) is 6. The lowest BCUT2D eigenvalue weighted by Crippen LogP contribution is -2.46. The number of carbonyl (C=O) groups excluding carboxylic acids is 1. The van der Waals surface area contributed by atoms with Crippen molar-refractivity contribution in [2.24, 2.45) is 11.3 Å². The van der Waals surface area contributed by atoms with E-state index >= 15 is 0 Å². The van der Waals surface area contributed by atoms with Crippen molar-refractivity contribution in [2.45, 2.75) is 43.5 Å². The van der Waals surface area contributed by atoms with Crippen LogP contribution >= 0.6 is 12.4 Å². The minimum atomic E-state index is -3.25. The number of hydrogen-bond donors (Lipinski definition) is 0. The summed E-state index contributed by atoms with van der Waals surface area (Å²) in [6.07, 6.45) is 3.67. The van der Waals surface area contributed by atoms with Crippen molar-refractivity contribution in [3.63, 3.8) is 0 Å². The van der Waals surface area contributed by atoms with Crippen LogP contribution < -0.4 is 0 Å². The molecule has 3 saturated heterocycles. The number of nitrogens with zero attached hydrogens (tertiary/aromatic N) is 3. The first-order chi connectivity index (χ1) is 18.5. The molecule has 1 spiro atoms. The Kier molecular flexibility index (Phi) is 9.36. The first-order valence-corrected chi connectivity index (χ1v) is 17.3. The lowest BCUT2D eigenvalue weighted by molar-refractivity contribution is -0.139. The SMILES string of the molecule is CCS(=O)(=O)N1CC(CN2CCC3(CC2)CCN(Cc2ccc(S(C)(=O)=O)cc2)C3=O)C(c2ccccc2)C1.Cl. The van der Waals surface area contributed by atoms with Gasteiger partial charge in [0, 0.05) is 44.9 Å². The molecule has 40 heavy (non-hydrogen) atoms. The minimum Gasteiger partial charge on any atom is -0.338 e. The van der Waals surface area contributed by atoms with Crippen LogP contribution in [0.4, 0.5) is 0 Å². The number of halogens is 1.